The molecule has 0 fully saturated rings. The molecule has 2 heterocycles. The number of aromatic nitrogens is 2. The van der Waals surface area contributed by atoms with Gasteiger partial charge in [-0.25, -0.2) is 9.78 Å². The highest BCUT2D eigenvalue weighted by atomic mass is 16.4. The quantitative estimate of drug-likeness (QED) is 0.853. The maximum atomic E-state index is 12.1. The second-order valence-electron chi connectivity index (χ2n) is 5.24. The fraction of sp³-hybridized carbons (Fsp3) is 0.312. The van der Waals surface area contributed by atoms with Gasteiger partial charge in [-0.05, 0) is 44.0 Å². The number of rotatable bonds is 6. The summed E-state index contributed by atoms with van der Waals surface area (Å²) in [5.41, 5.74) is 1.18. The molecular formula is C16H19N3O3. The van der Waals surface area contributed by atoms with Gasteiger partial charge >= 0.3 is 5.97 Å². The lowest BCUT2D eigenvalue weighted by molar-refractivity contribution is 0.0690. The SMILES string of the molecule is CC(CCc1cccn1C)NC(=O)c1cccc(C(=O)O)n1. The Bertz CT molecular complexity index is 679. The first-order valence-electron chi connectivity index (χ1n) is 7.09. The number of pyridine rings is 1. The molecule has 0 aliphatic rings. The normalized spacial score (nSPS) is 11.9. The van der Waals surface area contributed by atoms with Crippen LogP contribution in [0.15, 0.2) is 36.5 Å². The smallest absolute Gasteiger partial charge is 0.354 e. The summed E-state index contributed by atoms with van der Waals surface area (Å²) in [6.07, 6.45) is 3.63. The molecule has 1 atom stereocenters. The molecule has 0 aliphatic carbocycles. The van der Waals surface area contributed by atoms with Gasteiger partial charge in [-0.15, -0.1) is 0 Å². The Morgan fingerprint density at radius 2 is 2.00 bits per heavy atom. The zero-order valence-corrected chi connectivity index (χ0v) is 12.6. The molecule has 0 aliphatic heterocycles. The largest absolute Gasteiger partial charge is 0.477 e. The van der Waals surface area contributed by atoms with Crippen molar-refractivity contribution in [3.8, 4) is 0 Å². The fourth-order valence-corrected chi connectivity index (χ4v) is 2.17. The molecule has 0 spiro atoms. The third-order valence-electron chi connectivity index (χ3n) is 3.46. The molecule has 2 aromatic heterocycles. The second-order valence-corrected chi connectivity index (χ2v) is 5.24. The summed E-state index contributed by atoms with van der Waals surface area (Å²) >= 11 is 0. The van der Waals surface area contributed by atoms with Crippen LogP contribution in [0, 0.1) is 0 Å². The van der Waals surface area contributed by atoms with Gasteiger partial charge in [0.05, 0.1) is 0 Å². The lowest BCUT2D eigenvalue weighted by Crippen LogP contribution is -2.33. The summed E-state index contributed by atoms with van der Waals surface area (Å²) < 4.78 is 2.05. The number of hydrogen-bond acceptors (Lipinski definition) is 3. The zero-order chi connectivity index (χ0) is 16.1. The maximum Gasteiger partial charge on any atom is 0.354 e. The van der Waals surface area contributed by atoms with Crippen LogP contribution in [-0.2, 0) is 13.5 Å². The van der Waals surface area contributed by atoms with Crippen molar-refractivity contribution in [2.45, 2.75) is 25.8 Å². The minimum atomic E-state index is -1.15. The fourth-order valence-electron chi connectivity index (χ4n) is 2.17. The Labute approximate surface area is 128 Å². The minimum absolute atomic E-state index is 0.0299. The standard InChI is InChI=1S/C16H19N3O3/c1-11(8-9-12-5-4-10-19(12)2)17-15(20)13-6-3-7-14(18-13)16(21)22/h3-7,10-11H,8-9H2,1-2H3,(H,17,20)(H,21,22). The van der Waals surface area contributed by atoms with Gasteiger partial charge in [0.25, 0.3) is 5.91 Å². The van der Waals surface area contributed by atoms with E-state index in [1.165, 1.54) is 23.9 Å². The molecule has 1 amide bonds. The number of aromatic carboxylic acids is 1. The third-order valence-corrected chi connectivity index (χ3v) is 3.46. The number of aryl methyl sites for hydroxylation is 2. The molecule has 2 aromatic rings. The van der Waals surface area contributed by atoms with Crippen LogP contribution in [0.3, 0.4) is 0 Å². The van der Waals surface area contributed by atoms with Gasteiger partial charge in [0.2, 0.25) is 0 Å². The predicted molar refractivity (Wildman–Crippen MR) is 81.9 cm³/mol. The molecule has 116 valence electrons. The van der Waals surface area contributed by atoms with Crippen LogP contribution in [-0.4, -0.2) is 32.6 Å². The molecule has 0 aromatic carbocycles. The Kier molecular flexibility index (Phi) is 4.93. The third kappa shape index (κ3) is 3.94. The Morgan fingerprint density at radius 1 is 1.27 bits per heavy atom. The van der Waals surface area contributed by atoms with Crippen molar-refractivity contribution in [3.63, 3.8) is 0 Å². The van der Waals surface area contributed by atoms with Gasteiger partial charge in [0.15, 0.2) is 0 Å². The number of nitrogens with one attached hydrogen (secondary N) is 1. The summed E-state index contributed by atoms with van der Waals surface area (Å²) in [4.78, 5) is 26.8. The molecular weight excluding hydrogens is 282 g/mol. The van der Waals surface area contributed by atoms with Crippen molar-refractivity contribution in [3.05, 3.63) is 53.6 Å². The molecule has 2 rings (SSSR count). The summed E-state index contributed by atoms with van der Waals surface area (Å²) in [7, 11) is 1.99. The second kappa shape index (κ2) is 6.89. The molecule has 1 unspecified atom stereocenters. The average Bonchev–Trinajstić information content (AvgIpc) is 2.90. The van der Waals surface area contributed by atoms with E-state index >= 15 is 0 Å². The lowest BCUT2D eigenvalue weighted by Gasteiger charge is -2.14. The van der Waals surface area contributed by atoms with Crippen LogP contribution < -0.4 is 5.32 Å². The Morgan fingerprint density at radius 3 is 2.64 bits per heavy atom. The van der Waals surface area contributed by atoms with Crippen LogP contribution in [0.4, 0.5) is 0 Å². The number of carboxylic acid groups (broad SMARTS) is 1. The minimum Gasteiger partial charge on any atom is -0.477 e. The molecule has 0 bridgehead atoms. The highest BCUT2D eigenvalue weighted by molar-refractivity contribution is 5.94. The molecule has 2 N–H and O–H groups in total. The number of nitrogens with zero attached hydrogens (tertiary/aromatic N) is 2. The zero-order valence-electron chi connectivity index (χ0n) is 12.6. The number of carbonyl (C=O) groups excluding carboxylic acids is 1. The van der Waals surface area contributed by atoms with Crippen molar-refractivity contribution in [1.82, 2.24) is 14.9 Å². The number of carbonyl (C=O) groups is 2. The monoisotopic (exact) mass is 301 g/mol. The first-order valence-corrected chi connectivity index (χ1v) is 7.09. The van der Waals surface area contributed by atoms with E-state index in [4.69, 9.17) is 5.11 Å². The van der Waals surface area contributed by atoms with Crippen molar-refractivity contribution < 1.29 is 14.7 Å². The van der Waals surface area contributed by atoms with E-state index in [9.17, 15) is 9.59 Å². The molecule has 22 heavy (non-hydrogen) atoms. The molecule has 0 saturated carbocycles. The lowest BCUT2D eigenvalue weighted by atomic mass is 10.1. The average molecular weight is 301 g/mol. The van der Waals surface area contributed by atoms with Crippen LogP contribution >= 0.6 is 0 Å². The predicted octanol–water partition coefficient (Wildman–Crippen LogP) is 1.87. The van der Waals surface area contributed by atoms with Crippen LogP contribution in [0.2, 0.25) is 0 Å². The number of amides is 1. The highest BCUT2D eigenvalue weighted by Crippen LogP contribution is 2.06. The van der Waals surface area contributed by atoms with Crippen LogP contribution in [0.25, 0.3) is 0 Å². The summed E-state index contributed by atoms with van der Waals surface area (Å²) in [5, 5.41) is 11.7. The maximum absolute atomic E-state index is 12.1. The summed E-state index contributed by atoms with van der Waals surface area (Å²) in [6.45, 7) is 1.92. The van der Waals surface area contributed by atoms with Gasteiger partial charge in [-0.3, -0.25) is 4.79 Å². The molecule has 6 nitrogen and oxygen atoms in total. The van der Waals surface area contributed by atoms with Gasteiger partial charge in [-0.1, -0.05) is 6.07 Å². The summed E-state index contributed by atoms with van der Waals surface area (Å²) in [6, 6.07) is 8.38. The number of hydrogen-bond donors (Lipinski definition) is 2. The van der Waals surface area contributed by atoms with Gasteiger partial charge in [0, 0.05) is 25.0 Å². The molecule has 0 saturated heterocycles. The van der Waals surface area contributed by atoms with E-state index in [1.807, 2.05) is 36.9 Å². The Hall–Kier alpha value is -2.63. The first-order chi connectivity index (χ1) is 10.5. The topological polar surface area (TPSA) is 84.2 Å². The van der Waals surface area contributed by atoms with E-state index < -0.39 is 5.97 Å². The van der Waals surface area contributed by atoms with E-state index in [0.29, 0.717) is 0 Å². The van der Waals surface area contributed by atoms with Gasteiger partial charge in [-0.2, -0.15) is 0 Å². The first kappa shape index (κ1) is 15.8. The Balaban J connectivity index is 1.92. The summed E-state index contributed by atoms with van der Waals surface area (Å²) in [5.74, 6) is -1.51. The van der Waals surface area contributed by atoms with Crippen molar-refractivity contribution in [1.29, 1.82) is 0 Å². The van der Waals surface area contributed by atoms with E-state index in [2.05, 4.69) is 10.3 Å². The highest BCUT2D eigenvalue weighted by Gasteiger charge is 2.14. The van der Waals surface area contributed by atoms with Crippen LogP contribution in [0.1, 0.15) is 40.0 Å². The van der Waals surface area contributed by atoms with Crippen molar-refractivity contribution in [2.24, 2.45) is 7.05 Å². The number of carboxylic acids is 1. The van der Waals surface area contributed by atoms with E-state index in [-0.39, 0.29) is 23.3 Å². The van der Waals surface area contributed by atoms with Gasteiger partial charge in [0.1, 0.15) is 11.4 Å². The van der Waals surface area contributed by atoms with Crippen molar-refractivity contribution in [2.75, 3.05) is 0 Å². The van der Waals surface area contributed by atoms with Crippen molar-refractivity contribution >= 4 is 11.9 Å². The molecule has 6 heteroatoms. The van der Waals surface area contributed by atoms with Crippen LogP contribution in [0.5, 0.6) is 0 Å². The molecule has 0 radical (unpaired) electrons. The van der Waals surface area contributed by atoms with Gasteiger partial charge < -0.3 is 15.0 Å². The van der Waals surface area contributed by atoms with E-state index in [1.54, 1.807) is 0 Å². The van der Waals surface area contributed by atoms with E-state index in [0.717, 1.165) is 12.8 Å².